The van der Waals surface area contributed by atoms with Crippen LogP contribution in [0.5, 0.6) is 0 Å². The van der Waals surface area contributed by atoms with Crippen molar-refractivity contribution >= 4 is 39.4 Å². The predicted octanol–water partition coefficient (Wildman–Crippen LogP) is 7.34. The number of hydrogen-bond acceptors (Lipinski definition) is 2. The lowest BCUT2D eigenvalue weighted by molar-refractivity contribution is 0.483. The molecule has 1 aliphatic carbocycles. The van der Waals surface area contributed by atoms with E-state index >= 15 is 0 Å². The molecular weight excluding hydrogens is 452 g/mol. The molecule has 1 unspecified atom stereocenters. The fraction of sp³-hybridized carbons (Fsp3) is 0.0714. The molecule has 0 fully saturated rings. The quantitative estimate of drug-likeness (QED) is 0.380. The molecule has 1 atom stereocenters. The lowest BCUT2D eigenvalue weighted by atomic mass is 9.78. The largest absolute Gasteiger partial charge is 0.295 e. The van der Waals surface area contributed by atoms with Gasteiger partial charge < -0.3 is 0 Å². The highest BCUT2D eigenvalue weighted by Crippen LogP contribution is 2.37. The third-order valence-corrected chi connectivity index (χ3v) is 6.76. The summed E-state index contributed by atoms with van der Waals surface area (Å²) in [5.74, 6) is 0. The minimum Gasteiger partial charge on any atom is -0.282 e. The zero-order valence-corrected chi connectivity index (χ0v) is 19.4. The highest BCUT2D eigenvalue weighted by molar-refractivity contribution is 7.85. The molecule has 1 aliphatic rings. The Morgan fingerprint density at radius 2 is 1.52 bits per heavy atom. The van der Waals surface area contributed by atoms with Gasteiger partial charge >= 0.3 is 0 Å². The van der Waals surface area contributed by atoms with Gasteiger partial charge in [-0.3, -0.25) is 4.55 Å². The minimum absolute atomic E-state index is 0.113. The summed E-state index contributed by atoms with van der Waals surface area (Å²) in [4.78, 5) is -0.113. The molecule has 0 amide bonds. The fourth-order valence-corrected chi connectivity index (χ4v) is 4.55. The Morgan fingerprint density at radius 3 is 2.18 bits per heavy atom. The van der Waals surface area contributed by atoms with Crippen LogP contribution in [0.25, 0.3) is 17.7 Å². The number of benzene rings is 3. The second-order valence-electron chi connectivity index (χ2n) is 7.91. The average Bonchev–Trinajstić information content (AvgIpc) is 2.83. The van der Waals surface area contributed by atoms with Gasteiger partial charge in [0.2, 0.25) is 0 Å². The van der Waals surface area contributed by atoms with Crippen LogP contribution in [0.4, 0.5) is 0 Å². The molecule has 0 saturated carbocycles. The van der Waals surface area contributed by atoms with Crippen LogP contribution in [-0.4, -0.2) is 13.0 Å². The van der Waals surface area contributed by atoms with Crippen molar-refractivity contribution in [2.45, 2.75) is 11.3 Å². The summed E-state index contributed by atoms with van der Waals surface area (Å²) in [5, 5.41) is 0.677. The molecule has 3 aromatic carbocycles. The van der Waals surface area contributed by atoms with Crippen molar-refractivity contribution in [3.8, 4) is 0 Å². The molecule has 5 heteroatoms. The normalized spacial score (nSPS) is 18.7. The van der Waals surface area contributed by atoms with E-state index in [2.05, 4.69) is 36.4 Å². The Balaban J connectivity index is 1.70. The van der Waals surface area contributed by atoms with Crippen LogP contribution in [0.15, 0.2) is 114 Å². The maximum atomic E-state index is 11.8. The second kappa shape index (κ2) is 9.75. The van der Waals surface area contributed by atoms with Crippen molar-refractivity contribution in [1.82, 2.24) is 0 Å². The van der Waals surface area contributed by atoms with E-state index < -0.39 is 15.5 Å². The van der Waals surface area contributed by atoms with Crippen molar-refractivity contribution in [3.63, 3.8) is 0 Å². The molecule has 0 spiro atoms. The Hall–Kier alpha value is -3.18. The van der Waals surface area contributed by atoms with Gasteiger partial charge in [0.15, 0.2) is 0 Å². The molecule has 33 heavy (non-hydrogen) atoms. The summed E-state index contributed by atoms with van der Waals surface area (Å²) in [7, 11) is -4.32. The molecule has 0 aromatic heterocycles. The molecule has 166 valence electrons. The summed E-state index contributed by atoms with van der Waals surface area (Å²) < 4.78 is 33.2. The van der Waals surface area contributed by atoms with Crippen molar-refractivity contribution in [2.24, 2.45) is 5.41 Å². The van der Waals surface area contributed by atoms with Gasteiger partial charge in [0, 0.05) is 10.4 Å². The summed E-state index contributed by atoms with van der Waals surface area (Å²) in [5.41, 5.74) is 3.26. The van der Waals surface area contributed by atoms with Crippen molar-refractivity contribution in [3.05, 3.63) is 131 Å². The maximum Gasteiger partial charge on any atom is 0.295 e. The number of hydrogen-bond donors (Lipinski definition) is 1. The first kappa shape index (κ1) is 23.0. The van der Waals surface area contributed by atoms with E-state index in [1.165, 1.54) is 6.07 Å². The standard InChI is InChI=1S/C28H23ClO3S/c29-26-12-10-22(11-13-26)14-18-28(19-15-24(16-20-28)23-6-2-1-3-7-23)21-17-25-8-4-5-9-27(25)33(30,31)32/h1-19,21H,20H2,(H,30,31,32). The molecule has 0 radical (unpaired) electrons. The van der Waals surface area contributed by atoms with E-state index in [1.54, 1.807) is 24.3 Å². The molecule has 0 aliphatic heterocycles. The Labute approximate surface area is 199 Å². The molecule has 4 rings (SSSR count). The lowest BCUT2D eigenvalue weighted by Gasteiger charge is -2.26. The van der Waals surface area contributed by atoms with Crippen molar-refractivity contribution in [2.75, 3.05) is 0 Å². The highest BCUT2D eigenvalue weighted by atomic mass is 35.5. The van der Waals surface area contributed by atoms with Gasteiger partial charge in [0.25, 0.3) is 10.1 Å². The summed E-state index contributed by atoms with van der Waals surface area (Å²) in [6.07, 6.45) is 14.9. The summed E-state index contributed by atoms with van der Waals surface area (Å²) >= 11 is 6.01. The van der Waals surface area contributed by atoms with Gasteiger partial charge in [-0.25, -0.2) is 0 Å². The van der Waals surface area contributed by atoms with E-state index in [0.717, 1.165) is 16.7 Å². The molecule has 0 heterocycles. The van der Waals surface area contributed by atoms with E-state index in [-0.39, 0.29) is 4.90 Å². The summed E-state index contributed by atoms with van der Waals surface area (Å²) in [6.45, 7) is 0. The Bertz CT molecular complexity index is 1350. The first-order valence-corrected chi connectivity index (χ1v) is 12.3. The van der Waals surface area contributed by atoms with Gasteiger partial charge in [-0.1, -0.05) is 115 Å². The zero-order chi connectivity index (χ0) is 23.3. The molecular formula is C28H23ClO3S. The number of allylic oxidation sites excluding steroid dienone is 6. The highest BCUT2D eigenvalue weighted by Gasteiger charge is 2.23. The number of halogens is 1. The first-order valence-electron chi connectivity index (χ1n) is 10.5. The summed E-state index contributed by atoms with van der Waals surface area (Å²) in [6, 6.07) is 24.2. The fourth-order valence-electron chi connectivity index (χ4n) is 3.74. The average molecular weight is 475 g/mol. The molecule has 1 N–H and O–H groups in total. The third-order valence-electron chi connectivity index (χ3n) is 5.58. The van der Waals surface area contributed by atoms with Gasteiger partial charge in [-0.05, 0) is 46.9 Å². The van der Waals surface area contributed by atoms with E-state index in [9.17, 15) is 13.0 Å². The van der Waals surface area contributed by atoms with Gasteiger partial charge in [-0.2, -0.15) is 8.42 Å². The van der Waals surface area contributed by atoms with Gasteiger partial charge in [0.1, 0.15) is 4.90 Å². The SMILES string of the molecule is O=S(=O)(O)c1ccccc1C=CC1(C=Cc2ccc(Cl)cc2)C=CC(c2ccccc2)=CC1. The number of rotatable bonds is 6. The molecule has 0 bridgehead atoms. The molecule has 0 saturated heterocycles. The monoisotopic (exact) mass is 474 g/mol. The molecule has 3 aromatic rings. The van der Waals surface area contributed by atoms with Gasteiger partial charge in [0.05, 0.1) is 0 Å². The van der Waals surface area contributed by atoms with Gasteiger partial charge in [-0.15, -0.1) is 0 Å². The van der Waals surface area contributed by atoms with Crippen LogP contribution < -0.4 is 0 Å². The van der Waals surface area contributed by atoms with Crippen LogP contribution in [0, 0.1) is 5.41 Å². The first-order chi connectivity index (χ1) is 15.8. The van der Waals surface area contributed by atoms with E-state index in [4.69, 9.17) is 11.6 Å². The lowest BCUT2D eigenvalue weighted by Crippen LogP contribution is -2.13. The van der Waals surface area contributed by atoms with Crippen molar-refractivity contribution in [1.29, 1.82) is 0 Å². The maximum absolute atomic E-state index is 11.8. The zero-order valence-electron chi connectivity index (χ0n) is 17.8. The second-order valence-corrected chi connectivity index (χ2v) is 9.73. The van der Waals surface area contributed by atoms with E-state index in [0.29, 0.717) is 17.0 Å². The minimum atomic E-state index is -4.32. The van der Waals surface area contributed by atoms with Crippen LogP contribution in [0.3, 0.4) is 0 Å². The van der Waals surface area contributed by atoms with Crippen molar-refractivity contribution < 1.29 is 13.0 Å². The molecule has 3 nitrogen and oxygen atoms in total. The smallest absolute Gasteiger partial charge is 0.282 e. The Kier molecular flexibility index (Phi) is 6.80. The van der Waals surface area contributed by atoms with Crippen LogP contribution in [-0.2, 0) is 10.1 Å². The van der Waals surface area contributed by atoms with Crippen LogP contribution in [0.2, 0.25) is 5.02 Å². The third kappa shape index (κ3) is 5.79. The Morgan fingerprint density at radius 1 is 0.848 bits per heavy atom. The van der Waals surface area contributed by atoms with Crippen LogP contribution in [0.1, 0.15) is 23.1 Å². The topological polar surface area (TPSA) is 54.4 Å². The predicted molar refractivity (Wildman–Crippen MR) is 136 cm³/mol. The van der Waals surface area contributed by atoms with E-state index in [1.807, 2.05) is 54.6 Å². The van der Waals surface area contributed by atoms with Crippen LogP contribution >= 0.6 is 11.6 Å².